The Balaban J connectivity index is 2.24. The highest BCUT2D eigenvalue weighted by Crippen LogP contribution is 2.14. The van der Waals surface area contributed by atoms with Crippen molar-refractivity contribution in [2.45, 2.75) is 18.2 Å². The summed E-state index contributed by atoms with van der Waals surface area (Å²) in [7, 11) is -0.902. The van der Waals surface area contributed by atoms with Gasteiger partial charge in [0.2, 0.25) is 0 Å². The lowest BCUT2D eigenvalue weighted by Crippen LogP contribution is -1.92. The normalized spacial score (nSPS) is 12.4. The number of rotatable bonds is 3. The summed E-state index contributed by atoms with van der Waals surface area (Å²) in [4.78, 5) is 0.898. The lowest BCUT2D eigenvalue weighted by molar-refractivity contribution is 0.686. The lowest BCUT2D eigenvalue weighted by atomic mass is 10.0. The first kappa shape index (κ1) is 12.1. The van der Waals surface area contributed by atoms with E-state index in [1.54, 1.807) is 6.26 Å². The van der Waals surface area contributed by atoms with Crippen molar-refractivity contribution in [3.63, 3.8) is 0 Å². The van der Waals surface area contributed by atoms with E-state index in [-0.39, 0.29) is 0 Å². The van der Waals surface area contributed by atoms with Gasteiger partial charge in [-0.3, -0.25) is 4.21 Å². The van der Waals surface area contributed by atoms with E-state index in [1.165, 1.54) is 16.7 Å². The van der Waals surface area contributed by atoms with E-state index in [0.29, 0.717) is 0 Å². The fourth-order valence-corrected chi connectivity index (χ4v) is 2.48. The zero-order chi connectivity index (χ0) is 12.3. The average molecular weight is 244 g/mol. The molecule has 0 heterocycles. The summed E-state index contributed by atoms with van der Waals surface area (Å²) in [5.41, 5.74) is 3.78. The molecule has 1 unspecified atom stereocenters. The predicted octanol–water partition coefficient (Wildman–Crippen LogP) is 3.32. The van der Waals surface area contributed by atoms with Crippen LogP contribution in [0.2, 0.25) is 0 Å². The summed E-state index contributed by atoms with van der Waals surface area (Å²) >= 11 is 0. The molecule has 0 aliphatic carbocycles. The van der Waals surface area contributed by atoms with Gasteiger partial charge in [0.1, 0.15) is 0 Å². The SMILES string of the molecule is Cc1cccc(Cc2cccc(S(C)=O)c2)c1. The molecule has 0 aliphatic rings. The van der Waals surface area contributed by atoms with Gasteiger partial charge >= 0.3 is 0 Å². The number of aryl methyl sites for hydroxylation is 1. The molecule has 17 heavy (non-hydrogen) atoms. The zero-order valence-corrected chi connectivity index (χ0v) is 11.0. The molecule has 88 valence electrons. The molecular weight excluding hydrogens is 228 g/mol. The van der Waals surface area contributed by atoms with E-state index in [4.69, 9.17) is 0 Å². The smallest absolute Gasteiger partial charge is 0.0498 e. The minimum Gasteiger partial charge on any atom is -0.255 e. The van der Waals surface area contributed by atoms with Crippen LogP contribution in [0.5, 0.6) is 0 Å². The van der Waals surface area contributed by atoms with Crippen LogP contribution in [0.1, 0.15) is 16.7 Å². The average Bonchev–Trinajstić information content (AvgIpc) is 2.29. The number of hydrogen-bond donors (Lipinski definition) is 0. The molecule has 2 aromatic rings. The van der Waals surface area contributed by atoms with Crippen molar-refractivity contribution in [1.82, 2.24) is 0 Å². The van der Waals surface area contributed by atoms with Gasteiger partial charge in [0.25, 0.3) is 0 Å². The highest BCUT2D eigenvalue weighted by atomic mass is 32.2. The van der Waals surface area contributed by atoms with Crippen molar-refractivity contribution in [3.05, 3.63) is 65.2 Å². The highest BCUT2D eigenvalue weighted by molar-refractivity contribution is 7.84. The highest BCUT2D eigenvalue weighted by Gasteiger charge is 2.00. The Morgan fingerprint density at radius 3 is 2.29 bits per heavy atom. The maximum atomic E-state index is 11.4. The maximum Gasteiger partial charge on any atom is 0.0498 e. The molecule has 1 nitrogen and oxygen atoms in total. The van der Waals surface area contributed by atoms with Crippen molar-refractivity contribution in [1.29, 1.82) is 0 Å². The Labute approximate surface area is 105 Å². The van der Waals surface area contributed by atoms with Gasteiger partial charge in [-0.2, -0.15) is 0 Å². The van der Waals surface area contributed by atoms with Crippen LogP contribution in [-0.2, 0) is 17.2 Å². The quantitative estimate of drug-likeness (QED) is 0.809. The molecule has 0 amide bonds. The van der Waals surface area contributed by atoms with Crippen LogP contribution in [0, 0.1) is 6.92 Å². The molecule has 0 saturated carbocycles. The Morgan fingerprint density at radius 1 is 1.00 bits per heavy atom. The van der Waals surface area contributed by atoms with Gasteiger partial charge in [0, 0.05) is 22.0 Å². The molecule has 0 radical (unpaired) electrons. The van der Waals surface area contributed by atoms with Crippen LogP contribution >= 0.6 is 0 Å². The van der Waals surface area contributed by atoms with Crippen LogP contribution < -0.4 is 0 Å². The Bertz CT molecular complexity index is 546. The zero-order valence-electron chi connectivity index (χ0n) is 10.1. The predicted molar refractivity (Wildman–Crippen MR) is 72.8 cm³/mol. The van der Waals surface area contributed by atoms with E-state index in [2.05, 4.69) is 37.3 Å². The fraction of sp³-hybridized carbons (Fsp3) is 0.200. The molecule has 0 fully saturated rings. The molecule has 2 aromatic carbocycles. The van der Waals surface area contributed by atoms with E-state index >= 15 is 0 Å². The van der Waals surface area contributed by atoms with E-state index in [1.807, 2.05) is 18.2 Å². The Morgan fingerprint density at radius 2 is 1.65 bits per heavy atom. The summed E-state index contributed by atoms with van der Waals surface area (Å²) < 4.78 is 11.4. The van der Waals surface area contributed by atoms with Gasteiger partial charge in [-0.25, -0.2) is 0 Å². The van der Waals surface area contributed by atoms with Crippen molar-refractivity contribution in [2.24, 2.45) is 0 Å². The van der Waals surface area contributed by atoms with Crippen molar-refractivity contribution >= 4 is 10.8 Å². The third-order valence-corrected chi connectivity index (χ3v) is 3.64. The van der Waals surface area contributed by atoms with E-state index < -0.39 is 10.8 Å². The maximum absolute atomic E-state index is 11.4. The van der Waals surface area contributed by atoms with Crippen LogP contribution in [0.25, 0.3) is 0 Å². The van der Waals surface area contributed by atoms with E-state index in [0.717, 1.165) is 11.3 Å². The molecular formula is C15H16OS. The summed E-state index contributed by atoms with van der Waals surface area (Å²) in [6.07, 6.45) is 2.61. The van der Waals surface area contributed by atoms with Crippen LogP contribution in [0.4, 0.5) is 0 Å². The molecule has 2 heteroatoms. The molecule has 0 saturated heterocycles. The van der Waals surface area contributed by atoms with Gasteiger partial charge < -0.3 is 0 Å². The minimum absolute atomic E-state index is 0.896. The molecule has 0 spiro atoms. The molecule has 1 atom stereocenters. The largest absolute Gasteiger partial charge is 0.255 e. The fourth-order valence-electron chi connectivity index (χ4n) is 1.89. The Kier molecular flexibility index (Phi) is 3.75. The van der Waals surface area contributed by atoms with Gasteiger partial charge in [-0.1, -0.05) is 42.0 Å². The molecule has 0 bridgehead atoms. The molecule has 0 aliphatic heterocycles. The lowest BCUT2D eigenvalue weighted by Gasteiger charge is -2.04. The number of benzene rings is 2. The summed E-state index contributed by atoms with van der Waals surface area (Å²) in [5.74, 6) is 0. The second-order valence-electron chi connectivity index (χ2n) is 4.27. The van der Waals surface area contributed by atoms with Gasteiger partial charge in [0.15, 0.2) is 0 Å². The molecule has 0 aromatic heterocycles. The van der Waals surface area contributed by atoms with Crippen molar-refractivity contribution in [3.8, 4) is 0 Å². The Hall–Kier alpha value is -1.41. The molecule has 0 N–H and O–H groups in total. The first-order valence-electron chi connectivity index (χ1n) is 5.63. The van der Waals surface area contributed by atoms with Gasteiger partial charge in [0.05, 0.1) is 0 Å². The van der Waals surface area contributed by atoms with Crippen molar-refractivity contribution in [2.75, 3.05) is 6.26 Å². The van der Waals surface area contributed by atoms with E-state index in [9.17, 15) is 4.21 Å². The summed E-state index contributed by atoms with van der Waals surface area (Å²) in [6.45, 7) is 2.10. The van der Waals surface area contributed by atoms with Gasteiger partial charge in [-0.15, -0.1) is 0 Å². The summed E-state index contributed by atoms with van der Waals surface area (Å²) in [6, 6.07) is 16.5. The second-order valence-corrected chi connectivity index (χ2v) is 5.65. The topological polar surface area (TPSA) is 17.1 Å². The first-order valence-corrected chi connectivity index (χ1v) is 7.19. The second kappa shape index (κ2) is 5.28. The standard InChI is InChI=1S/C15H16OS/c1-12-5-3-6-13(9-12)10-14-7-4-8-15(11-14)17(2)16/h3-9,11H,10H2,1-2H3. The summed E-state index contributed by atoms with van der Waals surface area (Å²) in [5, 5.41) is 0. The number of hydrogen-bond acceptors (Lipinski definition) is 1. The minimum atomic E-state index is -0.902. The third kappa shape index (κ3) is 3.27. The van der Waals surface area contributed by atoms with Crippen LogP contribution in [0.3, 0.4) is 0 Å². The third-order valence-electron chi connectivity index (χ3n) is 2.72. The van der Waals surface area contributed by atoms with Crippen molar-refractivity contribution < 1.29 is 4.21 Å². The van der Waals surface area contributed by atoms with Gasteiger partial charge in [-0.05, 0) is 36.6 Å². The van der Waals surface area contributed by atoms with Crippen LogP contribution in [0.15, 0.2) is 53.4 Å². The monoisotopic (exact) mass is 244 g/mol. The van der Waals surface area contributed by atoms with Crippen LogP contribution in [-0.4, -0.2) is 10.5 Å². The first-order chi connectivity index (χ1) is 8.15. The molecule has 2 rings (SSSR count).